The summed E-state index contributed by atoms with van der Waals surface area (Å²) in [5, 5.41) is 17.0. The number of urea groups is 1. The van der Waals surface area contributed by atoms with Gasteiger partial charge in [-0.3, -0.25) is 10.3 Å². The van der Waals surface area contributed by atoms with Crippen molar-refractivity contribution in [3.05, 3.63) is 36.6 Å². The molecule has 0 saturated heterocycles. The van der Waals surface area contributed by atoms with Crippen LogP contribution in [0.4, 0.5) is 10.6 Å². The lowest BCUT2D eigenvalue weighted by molar-refractivity contribution is 0.245. The summed E-state index contributed by atoms with van der Waals surface area (Å²) in [6, 6.07) is 2.85. The van der Waals surface area contributed by atoms with Crippen molar-refractivity contribution in [3.8, 4) is 11.4 Å². The van der Waals surface area contributed by atoms with Crippen molar-refractivity contribution in [3.63, 3.8) is 0 Å². The van der Waals surface area contributed by atoms with Crippen LogP contribution in [-0.4, -0.2) is 36.1 Å². The normalized spacial score (nSPS) is 12.2. The van der Waals surface area contributed by atoms with Gasteiger partial charge in [-0.1, -0.05) is 10.4 Å². The van der Waals surface area contributed by atoms with Gasteiger partial charge in [-0.05, 0) is 32.9 Å². The highest BCUT2D eigenvalue weighted by molar-refractivity contribution is 5.88. The van der Waals surface area contributed by atoms with E-state index in [1.54, 1.807) is 36.3 Å². The highest BCUT2D eigenvalue weighted by Crippen LogP contribution is 2.17. The zero-order valence-corrected chi connectivity index (χ0v) is 14.0. The van der Waals surface area contributed by atoms with Crippen molar-refractivity contribution >= 4 is 11.8 Å². The Morgan fingerprint density at radius 3 is 2.84 bits per heavy atom. The van der Waals surface area contributed by atoms with E-state index < -0.39 is 12.1 Å². The smallest absolute Gasteiger partial charge is 0.321 e. The van der Waals surface area contributed by atoms with Gasteiger partial charge in [0.25, 0.3) is 0 Å². The molecular weight excluding hydrogens is 324 g/mol. The van der Waals surface area contributed by atoms with E-state index in [0.29, 0.717) is 17.5 Å². The first-order chi connectivity index (χ1) is 12.0. The lowest BCUT2D eigenvalue weighted by Crippen LogP contribution is -2.31. The maximum atomic E-state index is 12.1. The second-order valence-corrected chi connectivity index (χ2v) is 5.70. The van der Waals surface area contributed by atoms with E-state index in [9.17, 15) is 4.79 Å². The van der Waals surface area contributed by atoms with Gasteiger partial charge in [0.2, 0.25) is 11.7 Å². The van der Waals surface area contributed by atoms with Crippen LogP contribution in [-0.2, 0) is 0 Å². The number of rotatable bonds is 5. The molecule has 3 heterocycles. The van der Waals surface area contributed by atoms with Crippen LogP contribution in [0.3, 0.4) is 0 Å². The average Bonchev–Trinajstić information content (AvgIpc) is 3.25. The number of anilines is 1. The number of carbonyl (C=O) groups is 1. The fourth-order valence-electron chi connectivity index (χ4n) is 2.02. The second-order valence-electron chi connectivity index (χ2n) is 5.70. The van der Waals surface area contributed by atoms with Gasteiger partial charge >= 0.3 is 6.03 Å². The Bertz CT molecular complexity index is 842. The third-order valence-electron chi connectivity index (χ3n) is 3.36. The minimum atomic E-state index is -0.474. The monoisotopic (exact) mass is 342 g/mol. The van der Waals surface area contributed by atoms with Gasteiger partial charge in [0.1, 0.15) is 6.04 Å². The molecule has 130 valence electrons. The molecule has 3 aromatic heterocycles. The summed E-state index contributed by atoms with van der Waals surface area (Å²) in [5.41, 5.74) is 0.736. The lowest BCUT2D eigenvalue weighted by Gasteiger charge is -2.09. The molecule has 2 N–H and O–H groups in total. The zero-order valence-electron chi connectivity index (χ0n) is 14.0. The van der Waals surface area contributed by atoms with E-state index in [-0.39, 0.29) is 6.04 Å². The minimum absolute atomic E-state index is 0.161. The largest absolute Gasteiger partial charge is 0.337 e. The van der Waals surface area contributed by atoms with Crippen LogP contribution in [0.25, 0.3) is 11.4 Å². The number of pyridine rings is 1. The van der Waals surface area contributed by atoms with Crippen molar-refractivity contribution in [2.24, 2.45) is 0 Å². The number of carbonyl (C=O) groups excluding carboxylic acids is 1. The number of aromatic nitrogens is 6. The Hall–Kier alpha value is -3.30. The van der Waals surface area contributed by atoms with Crippen molar-refractivity contribution in [1.82, 2.24) is 35.4 Å². The molecule has 25 heavy (non-hydrogen) atoms. The molecule has 2 amide bonds. The van der Waals surface area contributed by atoms with E-state index in [4.69, 9.17) is 4.52 Å². The van der Waals surface area contributed by atoms with Crippen LogP contribution in [0.15, 0.2) is 35.2 Å². The molecule has 0 aliphatic rings. The molecule has 0 aliphatic heterocycles. The van der Waals surface area contributed by atoms with Crippen molar-refractivity contribution < 1.29 is 9.32 Å². The fourth-order valence-corrected chi connectivity index (χ4v) is 2.02. The van der Waals surface area contributed by atoms with Crippen LogP contribution in [0.2, 0.25) is 0 Å². The quantitative estimate of drug-likeness (QED) is 0.728. The molecule has 0 bridgehead atoms. The van der Waals surface area contributed by atoms with E-state index in [1.807, 2.05) is 19.9 Å². The number of nitrogens with one attached hydrogen (secondary N) is 2. The molecule has 0 aliphatic carbocycles. The molecule has 10 nitrogen and oxygen atoms in total. The first-order valence-corrected chi connectivity index (χ1v) is 7.76. The Labute approximate surface area is 143 Å². The van der Waals surface area contributed by atoms with Crippen molar-refractivity contribution in [1.29, 1.82) is 0 Å². The van der Waals surface area contributed by atoms with Crippen LogP contribution >= 0.6 is 0 Å². The van der Waals surface area contributed by atoms with E-state index in [0.717, 1.165) is 5.56 Å². The maximum absolute atomic E-state index is 12.1. The summed E-state index contributed by atoms with van der Waals surface area (Å²) in [5.74, 6) is 1.07. The first-order valence-electron chi connectivity index (χ1n) is 7.76. The molecule has 3 aromatic rings. The van der Waals surface area contributed by atoms with Crippen LogP contribution in [0, 0.1) is 0 Å². The molecule has 1 atom stereocenters. The summed E-state index contributed by atoms with van der Waals surface area (Å²) >= 11 is 0. The van der Waals surface area contributed by atoms with Crippen LogP contribution in [0.5, 0.6) is 0 Å². The molecule has 0 radical (unpaired) electrons. The molecule has 3 rings (SSSR count). The van der Waals surface area contributed by atoms with Gasteiger partial charge in [0, 0.05) is 24.0 Å². The van der Waals surface area contributed by atoms with Gasteiger partial charge in [-0.15, -0.1) is 5.10 Å². The van der Waals surface area contributed by atoms with Gasteiger partial charge in [0.15, 0.2) is 5.82 Å². The summed E-state index contributed by atoms with van der Waals surface area (Å²) in [6.45, 7) is 5.68. The molecule has 0 spiro atoms. The van der Waals surface area contributed by atoms with Gasteiger partial charge in [0.05, 0.1) is 6.20 Å². The molecule has 0 fully saturated rings. The Kier molecular flexibility index (Phi) is 4.68. The molecule has 0 saturated carbocycles. The first kappa shape index (κ1) is 16.6. The van der Waals surface area contributed by atoms with Crippen molar-refractivity contribution in [2.75, 3.05) is 5.32 Å². The molecule has 0 unspecified atom stereocenters. The number of hydrogen-bond acceptors (Lipinski definition) is 7. The molecule has 0 aromatic carbocycles. The third-order valence-corrected chi connectivity index (χ3v) is 3.36. The second kappa shape index (κ2) is 7.07. The molecular formula is C15H18N8O2. The number of hydrogen-bond donors (Lipinski definition) is 2. The number of nitrogens with zero attached hydrogens (tertiary/aromatic N) is 6. The Balaban J connectivity index is 1.60. The Morgan fingerprint density at radius 1 is 1.32 bits per heavy atom. The molecule has 10 heteroatoms. The average molecular weight is 342 g/mol. The highest BCUT2D eigenvalue weighted by Gasteiger charge is 2.18. The van der Waals surface area contributed by atoms with Gasteiger partial charge < -0.3 is 9.84 Å². The lowest BCUT2D eigenvalue weighted by atomic mass is 10.3. The predicted molar refractivity (Wildman–Crippen MR) is 88.5 cm³/mol. The fraction of sp³-hybridized carbons (Fsp3) is 0.333. The van der Waals surface area contributed by atoms with Crippen molar-refractivity contribution in [2.45, 2.75) is 32.9 Å². The van der Waals surface area contributed by atoms with Crippen LogP contribution < -0.4 is 10.6 Å². The zero-order chi connectivity index (χ0) is 17.8. The topological polar surface area (TPSA) is 124 Å². The third kappa shape index (κ3) is 3.97. The summed E-state index contributed by atoms with van der Waals surface area (Å²) in [7, 11) is 0. The van der Waals surface area contributed by atoms with E-state index >= 15 is 0 Å². The summed E-state index contributed by atoms with van der Waals surface area (Å²) in [6.07, 6.45) is 4.95. The Morgan fingerprint density at radius 2 is 2.16 bits per heavy atom. The SMILES string of the molecule is CC(C)n1cc(NC(=O)N[C@H](C)c2nc(-c3cccnc3)no2)nn1. The van der Waals surface area contributed by atoms with E-state index in [2.05, 4.69) is 36.1 Å². The maximum Gasteiger partial charge on any atom is 0.321 e. The van der Waals surface area contributed by atoms with Gasteiger partial charge in [-0.2, -0.15) is 4.98 Å². The summed E-state index contributed by atoms with van der Waals surface area (Å²) in [4.78, 5) is 20.3. The minimum Gasteiger partial charge on any atom is -0.337 e. The standard InChI is InChI=1S/C15H18N8O2/c1-9(2)23-8-12(20-22-23)18-15(24)17-10(3)14-19-13(21-25-14)11-5-4-6-16-7-11/h4-10H,1-3H3,(H2,17,18,24)/t10-/m1/s1. The highest BCUT2D eigenvalue weighted by atomic mass is 16.5. The van der Waals surface area contributed by atoms with Crippen LogP contribution in [0.1, 0.15) is 38.7 Å². The van der Waals surface area contributed by atoms with Gasteiger partial charge in [-0.25, -0.2) is 9.48 Å². The predicted octanol–water partition coefficient (Wildman–Crippen LogP) is 2.19. The summed E-state index contributed by atoms with van der Waals surface area (Å²) < 4.78 is 6.85. The van der Waals surface area contributed by atoms with E-state index in [1.165, 1.54) is 0 Å². The number of amides is 2.